The Labute approximate surface area is 165 Å². The third-order valence-electron chi connectivity index (χ3n) is 3.47. The predicted octanol–water partition coefficient (Wildman–Crippen LogP) is -0.472. The van der Waals surface area contributed by atoms with E-state index < -0.39 is 42.4 Å². The van der Waals surface area contributed by atoms with Gasteiger partial charge in [-0.3, -0.25) is 19.2 Å². The number of carbonyl (C=O) groups is 4. The predicted molar refractivity (Wildman–Crippen MR) is 99.3 cm³/mol. The van der Waals surface area contributed by atoms with Crippen molar-refractivity contribution in [1.29, 1.82) is 5.26 Å². The number of hydrogen-bond donors (Lipinski definition) is 5. The lowest BCUT2D eigenvalue weighted by Gasteiger charge is -2.18. The van der Waals surface area contributed by atoms with Gasteiger partial charge in [-0.25, -0.2) is 0 Å². The molecule has 0 saturated carbocycles. The minimum Gasteiger partial charge on any atom is -0.480 e. The first kappa shape index (κ1) is 22.9. The fourth-order valence-corrected chi connectivity index (χ4v) is 2.87. The average Bonchev–Trinajstić information content (AvgIpc) is 2.67. The zero-order valence-electron chi connectivity index (χ0n) is 14.8. The first-order chi connectivity index (χ1) is 13.2. The number of carbonyl (C=O) groups excluding carboxylic acids is 2. The second kappa shape index (κ2) is 11.6. The van der Waals surface area contributed by atoms with Crippen molar-refractivity contribution in [1.82, 2.24) is 10.6 Å². The molecule has 0 heterocycles. The summed E-state index contributed by atoms with van der Waals surface area (Å²) in [4.78, 5) is 46.3. The van der Waals surface area contributed by atoms with Gasteiger partial charge in [0.1, 0.15) is 18.6 Å². The summed E-state index contributed by atoms with van der Waals surface area (Å²) in [5, 5.41) is 30.9. The van der Waals surface area contributed by atoms with E-state index in [-0.39, 0.29) is 18.6 Å². The quantitative estimate of drug-likeness (QED) is 0.302. The van der Waals surface area contributed by atoms with Gasteiger partial charge in [-0.2, -0.15) is 5.26 Å². The van der Waals surface area contributed by atoms with Crippen LogP contribution in [0.2, 0.25) is 0 Å². The van der Waals surface area contributed by atoms with Crippen LogP contribution in [-0.4, -0.2) is 58.3 Å². The van der Waals surface area contributed by atoms with Crippen molar-refractivity contribution in [2.24, 2.45) is 5.73 Å². The number of benzene rings is 1. The molecule has 10 nitrogen and oxygen atoms in total. The molecule has 1 aromatic rings. The van der Waals surface area contributed by atoms with Crippen LogP contribution in [0.5, 0.6) is 0 Å². The summed E-state index contributed by atoms with van der Waals surface area (Å²) >= 11 is 1.23. The Morgan fingerprint density at radius 2 is 1.82 bits per heavy atom. The van der Waals surface area contributed by atoms with Crippen LogP contribution >= 0.6 is 11.8 Å². The number of rotatable bonds is 11. The maximum absolute atomic E-state index is 12.2. The standard InChI is InChI=1S/C17H20N4O6S/c18-7-10-1-3-11(4-2-10)28-9-13(16(25)20-8-15(23)24)21-14(22)6-5-12(19)17(26)27/h1-4,12-13H,5-6,8-9,19H2,(H,20,25)(H,21,22)(H,23,24)(H,26,27)/t12-,13-/m0/s1. The highest BCUT2D eigenvalue weighted by Gasteiger charge is 2.22. The van der Waals surface area contributed by atoms with Crippen LogP contribution in [0.1, 0.15) is 18.4 Å². The Morgan fingerprint density at radius 3 is 2.36 bits per heavy atom. The van der Waals surface area contributed by atoms with Gasteiger partial charge in [-0.1, -0.05) is 0 Å². The summed E-state index contributed by atoms with van der Waals surface area (Å²) in [6.07, 6.45) is -0.300. The molecule has 1 aromatic carbocycles. The Kier molecular flexibility index (Phi) is 9.49. The van der Waals surface area contributed by atoms with Gasteiger partial charge in [0.25, 0.3) is 0 Å². The lowest BCUT2D eigenvalue weighted by molar-refractivity contribution is -0.139. The van der Waals surface area contributed by atoms with Crippen LogP contribution in [0.25, 0.3) is 0 Å². The van der Waals surface area contributed by atoms with Crippen LogP contribution in [-0.2, 0) is 19.2 Å². The van der Waals surface area contributed by atoms with Crippen LogP contribution in [0.15, 0.2) is 29.2 Å². The van der Waals surface area contributed by atoms with Crippen molar-refractivity contribution >= 4 is 35.5 Å². The molecule has 28 heavy (non-hydrogen) atoms. The van der Waals surface area contributed by atoms with Crippen LogP contribution in [0, 0.1) is 11.3 Å². The maximum atomic E-state index is 12.2. The van der Waals surface area contributed by atoms with E-state index in [1.807, 2.05) is 6.07 Å². The van der Waals surface area contributed by atoms with E-state index in [4.69, 9.17) is 21.2 Å². The van der Waals surface area contributed by atoms with Gasteiger partial charge in [0.15, 0.2) is 0 Å². The minimum absolute atomic E-state index is 0.104. The Morgan fingerprint density at radius 1 is 1.18 bits per heavy atom. The number of hydrogen-bond acceptors (Lipinski definition) is 7. The lowest BCUT2D eigenvalue weighted by atomic mass is 10.1. The summed E-state index contributed by atoms with van der Waals surface area (Å²) in [5.74, 6) is -3.62. The van der Waals surface area contributed by atoms with Crippen molar-refractivity contribution < 1.29 is 29.4 Å². The molecule has 0 spiro atoms. The van der Waals surface area contributed by atoms with Crippen molar-refractivity contribution in [2.75, 3.05) is 12.3 Å². The van der Waals surface area contributed by atoms with E-state index >= 15 is 0 Å². The number of thioether (sulfide) groups is 1. The maximum Gasteiger partial charge on any atom is 0.322 e. The first-order valence-electron chi connectivity index (χ1n) is 8.13. The minimum atomic E-state index is -1.24. The van der Waals surface area contributed by atoms with E-state index in [2.05, 4.69) is 10.6 Å². The molecule has 150 valence electrons. The van der Waals surface area contributed by atoms with Crippen molar-refractivity contribution in [3.8, 4) is 6.07 Å². The molecule has 0 saturated heterocycles. The van der Waals surface area contributed by atoms with E-state index in [0.29, 0.717) is 5.56 Å². The summed E-state index contributed by atoms with van der Waals surface area (Å²) in [6.45, 7) is -0.601. The number of carboxylic acid groups (broad SMARTS) is 2. The Balaban J connectivity index is 2.70. The third kappa shape index (κ3) is 8.52. The summed E-state index contributed by atoms with van der Waals surface area (Å²) < 4.78 is 0. The molecule has 0 bridgehead atoms. The van der Waals surface area contributed by atoms with E-state index in [0.717, 1.165) is 4.90 Å². The number of amides is 2. The molecule has 6 N–H and O–H groups in total. The van der Waals surface area contributed by atoms with Gasteiger partial charge in [0.05, 0.1) is 11.6 Å². The number of nitriles is 1. The van der Waals surface area contributed by atoms with Crippen molar-refractivity contribution in [2.45, 2.75) is 29.8 Å². The normalized spacial score (nSPS) is 12.3. The highest BCUT2D eigenvalue weighted by Crippen LogP contribution is 2.19. The second-order valence-electron chi connectivity index (χ2n) is 5.66. The smallest absolute Gasteiger partial charge is 0.322 e. The van der Waals surface area contributed by atoms with Crippen LogP contribution < -0.4 is 16.4 Å². The summed E-state index contributed by atoms with van der Waals surface area (Å²) in [5.41, 5.74) is 5.82. The molecule has 1 rings (SSSR count). The van der Waals surface area contributed by atoms with E-state index in [9.17, 15) is 19.2 Å². The zero-order chi connectivity index (χ0) is 21.1. The largest absolute Gasteiger partial charge is 0.480 e. The molecule has 2 amide bonds. The number of nitrogens with two attached hydrogens (primary N) is 1. The molecule has 2 atom stereocenters. The molecule has 11 heteroatoms. The molecule has 0 radical (unpaired) electrons. The van der Waals surface area contributed by atoms with Gasteiger partial charge < -0.3 is 26.6 Å². The first-order valence-corrected chi connectivity index (χ1v) is 9.11. The Hall–Kier alpha value is -3.10. The molecule has 0 aliphatic rings. The monoisotopic (exact) mass is 408 g/mol. The van der Waals surface area contributed by atoms with E-state index in [1.54, 1.807) is 24.3 Å². The van der Waals surface area contributed by atoms with Gasteiger partial charge in [0, 0.05) is 17.1 Å². The number of aliphatic carboxylic acids is 2. The zero-order valence-corrected chi connectivity index (χ0v) is 15.6. The SMILES string of the molecule is N#Cc1ccc(SC[C@H](NC(=O)CC[C@H](N)C(=O)O)C(=O)NCC(=O)O)cc1. The van der Waals surface area contributed by atoms with Crippen LogP contribution in [0.4, 0.5) is 0 Å². The van der Waals surface area contributed by atoms with Gasteiger partial charge in [-0.15, -0.1) is 11.8 Å². The fourth-order valence-electron chi connectivity index (χ4n) is 1.95. The Bertz CT molecular complexity index is 762. The molecule has 0 aliphatic heterocycles. The topological polar surface area (TPSA) is 183 Å². The van der Waals surface area contributed by atoms with E-state index in [1.165, 1.54) is 11.8 Å². The van der Waals surface area contributed by atoms with Crippen molar-refractivity contribution in [3.05, 3.63) is 29.8 Å². The highest BCUT2D eigenvalue weighted by atomic mass is 32.2. The molecular formula is C17H20N4O6S. The highest BCUT2D eigenvalue weighted by molar-refractivity contribution is 7.99. The molecular weight excluding hydrogens is 388 g/mol. The molecule has 0 unspecified atom stereocenters. The average molecular weight is 408 g/mol. The third-order valence-corrected chi connectivity index (χ3v) is 4.57. The molecule has 0 aromatic heterocycles. The summed E-state index contributed by atoms with van der Waals surface area (Å²) in [7, 11) is 0. The van der Waals surface area contributed by atoms with Gasteiger partial charge in [0.2, 0.25) is 11.8 Å². The second-order valence-corrected chi connectivity index (χ2v) is 6.76. The lowest BCUT2D eigenvalue weighted by Crippen LogP contribution is -2.49. The number of carboxylic acids is 2. The van der Waals surface area contributed by atoms with Crippen LogP contribution in [0.3, 0.4) is 0 Å². The van der Waals surface area contributed by atoms with Gasteiger partial charge in [-0.05, 0) is 30.7 Å². The number of nitrogens with zero attached hydrogens (tertiary/aromatic N) is 1. The van der Waals surface area contributed by atoms with Crippen molar-refractivity contribution in [3.63, 3.8) is 0 Å². The molecule has 0 aliphatic carbocycles. The summed E-state index contributed by atoms with van der Waals surface area (Å²) in [6, 6.07) is 6.33. The number of nitrogens with one attached hydrogen (secondary N) is 2. The fraction of sp³-hybridized carbons (Fsp3) is 0.353. The molecule has 0 fully saturated rings. The van der Waals surface area contributed by atoms with Gasteiger partial charge >= 0.3 is 11.9 Å².